The van der Waals surface area contributed by atoms with Crippen molar-refractivity contribution in [1.29, 1.82) is 0 Å². The lowest BCUT2D eigenvalue weighted by Crippen LogP contribution is -2.46. The van der Waals surface area contributed by atoms with E-state index in [9.17, 15) is 0 Å². The summed E-state index contributed by atoms with van der Waals surface area (Å²) in [5.74, 6) is 0.699. The fraction of sp³-hybridized carbons (Fsp3) is 0.812. The van der Waals surface area contributed by atoms with Crippen LogP contribution in [0.4, 0.5) is 0 Å². The van der Waals surface area contributed by atoms with Gasteiger partial charge in [-0.3, -0.25) is 4.90 Å². The van der Waals surface area contributed by atoms with Crippen molar-refractivity contribution >= 4 is 0 Å². The molecule has 0 amide bonds. The predicted octanol–water partition coefficient (Wildman–Crippen LogP) is 2.60. The zero-order valence-corrected chi connectivity index (χ0v) is 13.0. The molecule has 3 rings (SSSR count). The number of nitrogens with zero attached hydrogens (tertiary/aromatic N) is 3. The summed E-state index contributed by atoms with van der Waals surface area (Å²) in [6, 6.07) is 1.85. The second-order valence-corrected chi connectivity index (χ2v) is 6.69. The Labute approximate surface area is 122 Å². The fourth-order valence-corrected chi connectivity index (χ4v) is 3.77. The minimum absolute atomic E-state index is 0.527. The number of aromatic nitrogens is 2. The van der Waals surface area contributed by atoms with Crippen molar-refractivity contribution in [2.24, 2.45) is 5.92 Å². The minimum atomic E-state index is 0.527. The van der Waals surface area contributed by atoms with Gasteiger partial charge in [-0.25, -0.2) is 4.98 Å². The van der Waals surface area contributed by atoms with Crippen molar-refractivity contribution in [1.82, 2.24) is 19.8 Å². The Kier molecular flexibility index (Phi) is 4.13. The molecule has 20 heavy (non-hydrogen) atoms. The SMILES string of the molecule is CNCC1CCCN(C(C)C)C1c1cncn1C1CC1. The first-order chi connectivity index (χ1) is 9.72. The number of hydrogen-bond acceptors (Lipinski definition) is 3. The summed E-state index contributed by atoms with van der Waals surface area (Å²) < 4.78 is 2.45. The Balaban J connectivity index is 1.91. The molecule has 4 heteroatoms. The van der Waals surface area contributed by atoms with E-state index in [0.29, 0.717) is 18.0 Å². The number of hydrogen-bond donors (Lipinski definition) is 1. The molecule has 0 radical (unpaired) electrons. The molecule has 0 bridgehead atoms. The number of piperidine rings is 1. The average molecular weight is 276 g/mol. The summed E-state index contributed by atoms with van der Waals surface area (Å²) in [5, 5.41) is 3.40. The Morgan fingerprint density at radius 1 is 1.35 bits per heavy atom. The number of imidazole rings is 1. The maximum Gasteiger partial charge on any atom is 0.0951 e. The number of nitrogens with one attached hydrogen (secondary N) is 1. The molecule has 1 aliphatic heterocycles. The van der Waals surface area contributed by atoms with Crippen LogP contribution in [0, 0.1) is 5.92 Å². The summed E-state index contributed by atoms with van der Waals surface area (Å²) in [6.45, 7) is 6.97. The monoisotopic (exact) mass is 276 g/mol. The second kappa shape index (κ2) is 5.86. The van der Waals surface area contributed by atoms with Gasteiger partial charge in [0.2, 0.25) is 0 Å². The van der Waals surface area contributed by atoms with Crippen molar-refractivity contribution in [3.63, 3.8) is 0 Å². The summed E-state index contributed by atoms with van der Waals surface area (Å²) >= 11 is 0. The van der Waals surface area contributed by atoms with E-state index in [1.165, 1.54) is 37.9 Å². The predicted molar refractivity (Wildman–Crippen MR) is 81.7 cm³/mol. The highest BCUT2D eigenvalue weighted by Crippen LogP contribution is 2.42. The van der Waals surface area contributed by atoms with Crippen molar-refractivity contribution in [3.05, 3.63) is 18.2 Å². The van der Waals surface area contributed by atoms with Gasteiger partial charge in [-0.15, -0.1) is 0 Å². The molecule has 1 aliphatic carbocycles. The highest BCUT2D eigenvalue weighted by molar-refractivity contribution is 5.12. The van der Waals surface area contributed by atoms with Crippen LogP contribution in [0.3, 0.4) is 0 Å². The van der Waals surface area contributed by atoms with Crippen molar-refractivity contribution < 1.29 is 0 Å². The largest absolute Gasteiger partial charge is 0.330 e. The van der Waals surface area contributed by atoms with Gasteiger partial charge in [0, 0.05) is 18.3 Å². The van der Waals surface area contributed by atoms with Crippen molar-refractivity contribution in [3.8, 4) is 0 Å². The minimum Gasteiger partial charge on any atom is -0.330 e. The zero-order chi connectivity index (χ0) is 14.1. The van der Waals surface area contributed by atoms with E-state index in [1.54, 1.807) is 0 Å². The molecule has 1 N–H and O–H groups in total. The summed E-state index contributed by atoms with van der Waals surface area (Å²) in [7, 11) is 2.07. The molecule has 2 aliphatic rings. The summed E-state index contributed by atoms with van der Waals surface area (Å²) in [4.78, 5) is 7.14. The van der Waals surface area contributed by atoms with Crippen LogP contribution in [0.15, 0.2) is 12.5 Å². The first-order valence-electron chi connectivity index (χ1n) is 8.14. The first kappa shape index (κ1) is 14.1. The van der Waals surface area contributed by atoms with Crippen LogP contribution in [0.25, 0.3) is 0 Å². The van der Waals surface area contributed by atoms with E-state index in [0.717, 1.165) is 12.6 Å². The van der Waals surface area contributed by atoms with E-state index in [1.807, 2.05) is 0 Å². The summed E-state index contributed by atoms with van der Waals surface area (Å²) in [6.07, 6.45) is 9.47. The van der Waals surface area contributed by atoms with Crippen LogP contribution in [0.2, 0.25) is 0 Å². The molecule has 2 heterocycles. The third-order valence-corrected chi connectivity index (χ3v) is 4.86. The molecule has 1 saturated carbocycles. The van der Waals surface area contributed by atoms with Gasteiger partial charge in [0.15, 0.2) is 0 Å². The summed E-state index contributed by atoms with van der Waals surface area (Å²) in [5.41, 5.74) is 1.45. The van der Waals surface area contributed by atoms with Crippen LogP contribution < -0.4 is 5.32 Å². The van der Waals surface area contributed by atoms with Crippen molar-refractivity contribution in [2.45, 2.75) is 57.7 Å². The van der Waals surface area contributed by atoms with Crippen LogP contribution >= 0.6 is 0 Å². The fourth-order valence-electron chi connectivity index (χ4n) is 3.77. The lowest BCUT2D eigenvalue weighted by atomic mass is 9.86. The van der Waals surface area contributed by atoms with Crippen LogP contribution in [0.1, 0.15) is 57.3 Å². The topological polar surface area (TPSA) is 33.1 Å². The molecule has 112 valence electrons. The molecule has 0 aromatic carbocycles. The lowest BCUT2D eigenvalue weighted by Gasteiger charge is -2.44. The van der Waals surface area contributed by atoms with E-state index in [4.69, 9.17) is 0 Å². The third-order valence-electron chi connectivity index (χ3n) is 4.86. The standard InChI is InChI=1S/C16H28N4/c1-12(2)19-8-4-5-13(9-17-3)16(19)15-10-18-11-20(15)14-6-7-14/h10-14,16-17H,4-9H2,1-3H3. The van der Waals surface area contributed by atoms with Gasteiger partial charge in [-0.05, 0) is 65.6 Å². The molecule has 1 saturated heterocycles. The first-order valence-corrected chi connectivity index (χ1v) is 8.14. The normalized spacial score (nSPS) is 28.2. The maximum atomic E-state index is 4.46. The maximum absolute atomic E-state index is 4.46. The van der Waals surface area contributed by atoms with Gasteiger partial charge < -0.3 is 9.88 Å². The molecule has 1 aromatic heterocycles. The van der Waals surface area contributed by atoms with Gasteiger partial charge in [0.1, 0.15) is 0 Å². The van der Waals surface area contributed by atoms with Crippen LogP contribution in [0.5, 0.6) is 0 Å². The zero-order valence-electron chi connectivity index (χ0n) is 13.0. The van der Waals surface area contributed by atoms with E-state index in [-0.39, 0.29) is 0 Å². The smallest absolute Gasteiger partial charge is 0.0951 e. The van der Waals surface area contributed by atoms with E-state index < -0.39 is 0 Å². The molecular weight excluding hydrogens is 248 g/mol. The average Bonchev–Trinajstić information content (AvgIpc) is 3.17. The van der Waals surface area contributed by atoms with Crippen LogP contribution in [-0.2, 0) is 0 Å². The highest BCUT2D eigenvalue weighted by atomic mass is 15.2. The Morgan fingerprint density at radius 2 is 2.15 bits per heavy atom. The number of rotatable bonds is 5. The molecule has 0 spiro atoms. The van der Waals surface area contributed by atoms with Crippen molar-refractivity contribution in [2.75, 3.05) is 20.1 Å². The van der Waals surface area contributed by atoms with E-state index in [2.05, 4.69) is 53.2 Å². The van der Waals surface area contributed by atoms with Gasteiger partial charge in [0.05, 0.1) is 18.1 Å². The Morgan fingerprint density at radius 3 is 2.80 bits per heavy atom. The van der Waals surface area contributed by atoms with Gasteiger partial charge in [-0.1, -0.05) is 0 Å². The van der Waals surface area contributed by atoms with E-state index >= 15 is 0 Å². The molecule has 1 aromatic rings. The van der Waals surface area contributed by atoms with Gasteiger partial charge in [0.25, 0.3) is 0 Å². The van der Waals surface area contributed by atoms with Gasteiger partial charge >= 0.3 is 0 Å². The molecule has 4 nitrogen and oxygen atoms in total. The highest BCUT2D eigenvalue weighted by Gasteiger charge is 2.37. The Hall–Kier alpha value is -0.870. The quantitative estimate of drug-likeness (QED) is 0.897. The third kappa shape index (κ3) is 2.63. The molecule has 2 atom stereocenters. The molecule has 2 unspecified atom stereocenters. The van der Waals surface area contributed by atoms with Gasteiger partial charge in [-0.2, -0.15) is 0 Å². The molecule has 2 fully saturated rings. The lowest BCUT2D eigenvalue weighted by molar-refractivity contribution is 0.0585. The number of likely N-dealkylation sites (tertiary alicyclic amines) is 1. The van der Waals surface area contributed by atoms with Crippen LogP contribution in [-0.4, -0.2) is 40.6 Å². The second-order valence-electron chi connectivity index (χ2n) is 6.69. The Bertz CT molecular complexity index is 433. The molecular formula is C16H28N4.